The summed E-state index contributed by atoms with van der Waals surface area (Å²) in [5.41, 5.74) is -0.824. The van der Waals surface area contributed by atoms with Crippen LogP contribution in [0.4, 0.5) is 0 Å². The molecule has 7 heteroatoms. The summed E-state index contributed by atoms with van der Waals surface area (Å²) < 4.78 is 0. The Bertz CT molecular complexity index is 511. The summed E-state index contributed by atoms with van der Waals surface area (Å²) in [4.78, 5) is 33.2. The fraction of sp³-hybridized carbons (Fsp3) is 0.773. The van der Waals surface area contributed by atoms with Gasteiger partial charge in [0, 0.05) is 12.2 Å². The highest BCUT2D eigenvalue weighted by atomic mass is 16.4. The van der Waals surface area contributed by atoms with E-state index >= 15 is 0 Å². The Labute approximate surface area is 173 Å². The molecular formula is C22H38O7. The molecule has 0 aromatic carbocycles. The van der Waals surface area contributed by atoms with Gasteiger partial charge in [-0.25, -0.2) is 9.59 Å². The van der Waals surface area contributed by atoms with Gasteiger partial charge in [0.25, 0.3) is 0 Å². The van der Waals surface area contributed by atoms with Gasteiger partial charge in [0.2, 0.25) is 0 Å². The van der Waals surface area contributed by atoms with E-state index in [4.69, 9.17) is 15.3 Å². The summed E-state index contributed by atoms with van der Waals surface area (Å²) in [7, 11) is 0. The van der Waals surface area contributed by atoms with Crippen molar-refractivity contribution in [2.45, 2.75) is 103 Å². The van der Waals surface area contributed by atoms with E-state index < -0.39 is 29.9 Å². The molecule has 0 spiro atoms. The Morgan fingerprint density at radius 1 is 0.483 bits per heavy atom. The lowest BCUT2D eigenvalue weighted by atomic mass is 9.98. The number of carbonyl (C=O) groups is 3. The van der Waals surface area contributed by atoms with Crippen molar-refractivity contribution in [2.75, 3.05) is 6.61 Å². The largest absolute Gasteiger partial charge is 0.481 e. The first-order valence-corrected chi connectivity index (χ1v) is 10.9. The number of rotatable bonds is 20. The Morgan fingerprint density at radius 2 is 0.828 bits per heavy atom. The topological polar surface area (TPSA) is 132 Å². The number of carboxylic acid groups (broad SMARTS) is 3. The molecule has 0 fully saturated rings. The summed E-state index contributed by atoms with van der Waals surface area (Å²) in [5, 5.41) is 35.7. The summed E-state index contributed by atoms with van der Waals surface area (Å²) in [5.74, 6) is -4.17. The van der Waals surface area contributed by atoms with Crippen molar-refractivity contribution in [2.24, 2.45) is 0 Å². The normalized spacial score (nSPS) is 11.9. The van der Waals surface area contributed by atoms with Crippen molar-refractivity contribution >= 4 is 17.9 Å². The van der Waals surface area contributed by atoms with Gasteiger partial charge < -0.3 is 20.4 Å². The second-order valence-corrected chi connectivity index (χ2v) is 7.56. The number of carboxylic acids is 3. The highest BCUT2D eigenvalue weighted by Gasteiger charge is 2.22. The summed E-state index contributed by atoms with van der Waals surface area (Å²) in [6.07, 6.45) is 14.6. The van der Waals surface area contributed by atoms with Crippen LogP contribution in [0, 0.1) is 0 Å². The molecule has 0 heterocycles. The van der Waals surface area contributed by atoms with Gasteiger partial charge in [-0.2, -0.15) is 0 Å². The number of aliphatic hydroxyl groups excluding tert-OH is 1. The van der Waals surface area contributed by atoms with Gasteiger partial charge in [0.1, 0.15) is 0 Å². The molecule has 0 saturated carbocycles. The second kappa shape index (κ2) is 18.2. The van der Waals surface area contributed by atoms with Gasteiger partial charge in [-0.3, -0.25) is 4.79 Å². The van der Waals surface area contributed by atoms with E-state index in [9.17, 15) is 19.5 Å². The zero-order chi connectivity index (χ0) is 21.9. The predicted molar refractivity (Wildman–Crippen MR) is 111 cm³/mol. The number of hydrogen-bond donors (Lipinski definition) is 4. The maximum atomic E-state index is 11.3. The molecule has 0 rings (SSSR count). The second-order valence-electron chi connectivity index (χ2n) is 7.56. The van der Waals surface area contributed by atoms with E-state index in [2.05, 4.69) is 0 Å². The minimum atomic E-state index is -1.48. The summed E-state index contributed by atoms with van der Waals surface area (Å²) >= 11 is 0. The van der Waals surface area contributed by atoms with E-state index in [0.29, 0.717) is 13.0 Å². The molecule has 0 aromatic heterocycles. The van der Waals surface area contributed by atoms with Crippen LogP contribution in [0.15, 0.2) is 11.1 Å². The number of aliphatic carboxylic acids is 3. The zero-order valence-electron chi connectivity index (χ0n) is 17.5. The van der Waals surface area contributed by atoms with Crippen molar-refractivity contribution < 1.29 is 34.8 Å². The zero-order valence-corrected chi connectivity index (χ0v) is 17.5. The molecule has 0 atom stereocenters. The maximum absolute atomic E-state index is 11.3. The first-order chi connectivity index (χ1) is 13.9. The van der Waals surface area contributed by atoms with Gasteiger partial charge in [-0.15, -0.1) is 0 Å². The fourth-order valence-corrected chi connectivity index (χ4v) is 3.38. The lowest BCUT2D eigenvalue weighted by Crippen LogP contribution is -2.14. The average Bonchev–Trinajstić information content (AvgIpc) is 2.65. The molecular weight excluding hydrogens is 376 g/mol. The number of hydrogen-bond acceptors (Lipinski definition) is 4. The maximum Gasteiger partial charge on any atom is 0.332 e. The van der Waals surface area contributed by atoms with E-state index in [-0.39, 0.29) is 12.0 Å². The summed E-state index contributed by atoms with van der Waals surface area (Å²) in [6, 6.07) is 0. The molecule has 29 heavy (non-hydrogen) atoms. The van der Waals surface area contributed by atoms with Gasteiger partial charge in [-0.1, -0.05) is 77.0 Å². The van der Waals surface area contributed by atoms with Crippen LogP contribution in [0.1, 0.15) is 103 Å². The SMILES string of the molecule is O=C(O)C/C(C(=O)O)=C(/CCCCCCCCCCCCCCCCO)C(=O)O. The molecule has 0 aliphatic heterocycles. The Kier molecular flexibility index (Phi) is 17.0. The first-order valence-electron chi connectivity index (χ1n) is 10.9. The van der Waals surface area contributed by atoms with Crippen LogP contribution >= 0.6 is 0 Å². The monoisotopic (exact) mass is 414 g/mol. The molecule has 0 amide bonds. The molecule has 0 aromatic rings. The van der Waals surface area contributed by atoms with Gasteiger partial charge in [-0.05, 0) is 19.3 Å². The van der Waals surface area contributed by atoms with Crippen LogP contribution in [0.25, 0.3) is 0 Å². The highest BCUT2D eigenvalue weighted by molar-refractivity contribution is 6.01. The standard InChI is InChI=1S/C22H38O7/c23-16-14-12-10-8-6-4-2-1-3-5-7-9-11-13-15-18(21(26)27)19(22(28)29)17-20(24)25/h23H,1-17H2,(H,24,25)(H,26,27)(H,28,29)/b19-18+. The fourth-order valence-electron chi connectivity index (χ4n) is 3.38. The molecule has 7 nitrogen and oxygen atoms in total. The van der Waals surface area contributed by atoms with Crippen molar-refractivity contribution in [1.29, 1.82) is 0 Å². The minimum absolute atomic E-state index is 0.0859. The van der Waals surface area contributed by atoms with Crippen molar-refractivity contribution in [3.8, 4) is 0 Å². The first kappa shape index (κ1) is 27.1. The smallest absolute Gasteiger partial charge is 0.332 e. The Hall–Kier alpha value is -1.89. The average molecular weight is 415 g/mol. The molecule has 0 aliphatic carbocycles. The van der Waals surface area contributed by atoms with Crippen LogP contribution in [-0.2, 0) is 14.4 Å². The van der Waals surface area contributed by atoms with Crippen LogP contribution in [0.2, 0.25) is 0 Å². The van der Waals surface area contributed by atoms with Crippen LogP contribution in [-0.4, -0.2) is 44.9 Å². The van der Waals surface area contributed by atoms with E-state index in [1.54, 1.807) is 0 Å². The van der Waals surface area contributed by atoms with Gasteiger partial charge >= 0.3 is 17.9 Å². The van der Waals surface area contributed by atoms with Gasteiger partial charge in [0.15, 0.2) is 0 Å². The molecule has 0 radical (unpaired) electrons. The Morgan fingerprint density at radius 3 is 1.14 bits per heavy atom. The van der Waals surface area contributed by atoms with Crippen LogP contribution < -0.4 is 0 Å². The third-order valence-corrected chi connectivity index (χ3v) is 5.04. The lowest BCUT2D eigenvalue weighted by Gasteiger charge is -2.07. The van der Waals surface area contributed by atoms with Crippen LogP contribution in [0.3, 0.4) is 0 Å². The third kappa shape index (κ3) is 15.7. The van der Waals surface area contributed by atoms with Crippen molar-refractivity contribution in [1.82, 2.24) is 0 Å². The number of unbranched alkanes of at least 4 members (excludes halogenated alkanes) is 13. The molecule has 0 unspecified atom stereocenters. The highest BCUT2D eigenvalue weighted by Crippen LogP contribution is 2.19. The van der Waals surface area contributed by atoms with Crippen molar-refractivity contribution in [3.05, 3.63) is 11.1 Å². The molecule has 4 N–H and O–H groups in total. The molecule has 0 saturated heterocycles. The molecule has 168 valence electrons. The minimum Gasteiger partial charge on any atom is -0.481 e. The molecule has 0 aliphatic rings. The Balaban J connectivity index is 3.80. The van der Waals surface area contributed by atoms with E-state index in [0.717, 1.165) is 38.5 Å². The van der Waals surface area contributed by atoms with E-state index in [1.165, 1.54) is 44.9 Å². The quantitative estimate of drug-likeness (QED) is 0.167. The van der Waals surface area contributed by atoms with Crippen LogP contribution in [0.5, 0.6) is 0 Å². The molecule has 0 bridgehead atoms. The van der Waals surface area contributed by atoms with Gasteiger partial charge in [0.05, 0.1) is 12.0 Å². The summed E-state index contributed by atoms with van der Waals surface area (Å²) in [6.45, 7) is 0.297. The van der Waals surface area contributed by atoms with Crippen molar-refractivity contribution in [3.63, 3.8) is 0 Å². The predicted octanol–water partition coefficient (Wildman–Crippen LogP) is 4.77. The lowest BCUT2D eigenvalue weighted by molar-refractivity contribution is -0.140. The third-order valence-electron chi connectivity index (χ3n) is 5.04. The van der Waals surface area contributed by atoms with E-state index in [1.807, 2.05) is 0 Å². The number of aliphatic hydroxyl groups is 1.